The van der Waals surface area contributed by atoms with Gasteiger partial charge in [-0.3, -0.25) is 19.5 Å². The molecule has 0 bridgehead atoms. The molecule has 32 heavy (non-hydrogen) atoms. The summed E-state index contributed by atoms with van der Waals surface area (Å²) in [7, 11) is 0. The van der Waals surface area contributed by atoms with Gasteiger partial charge in [0.05, 0.1) is 29.5 Å². The molecule has 2 aliphatic heterocycles. The molecular weight excluding hydrogens is 406 g/mol. The van der Waals surface area contributed by atoms with Crippen LogP contribution in [0.4, 0.5) is 0 Å². The van der Waals surface area contributed by atoms with E-state index >= 15 is 0 Å². The van der Waals surface area contributed by atoms with E-state index in [9.17, 15) is 14.4 Å². The number of nitrogens with zero attached hydrogens (tertiary/aromatic N) is 4. The second-order valence-electron chi connectivity index (χ2n) is 9.59. The van der Waals surface area contributed by atoms with Gasteiger partial charge in [0, 0.05) is 37.9 Å². The van der Waals surface area contributed by atoms with Crippen LogP contribution in [-0.4, -0.2) is 49.3 Å². The summed E-state index contributed by atoms with van der Waals surface area (Å²) in [6, 6.07) is 1.89. The van der Waals surface area contributed by atoms with Crippen LogP contribution in [0.1, 0.15) is 87.7 Å². The molecule has 5 rings (SSSR count). The fourth-order valence-corrected chi connectivity index (χ4v) is 5.70. The van der Waals surface area contributed by atoms with Gasteiger partial charge in [-0.15, -0.1) is 0 Å². The summed E-state index contributed by atoms with van der Waals surface area (Å²) in [5.74, 6) is 0.486. The average Bonchev–Trinajstić information content (AvgIpc) is 3.49. The number of aromatic nitrogens is 3. The first kappa shape index (κ1) is 21.2. The molecule has 4 heterocycles. The minimum absolute atomic E-state index is 0.0404. The molecule has 0 aromatic carbocycles. The quantitative estimate of drug-likeness (QED) is 0.793. The zero-order valence-corrected chi connectivity index (χ0v) is 18.9. The molecule has 1 N–H and O–H groups in total. The van der Waals surface area contributed by atoms with Crippen molar-refractivity contribution in [3.05, 3.63) is 33.4 Å². The predicted octanol–water partition coefficient (Wildman–Crippen LogP) is 2.95. The molecule has 1 saturated carbocycles. The summed E-state index contributed by atoms with van der Waals surface area (Å²) >= 11 is 0. The third kappa shape index (κ3) is 3.73. The van der Waals surface area contributed by atoms with Gasteiger partial charge in [0.25, 0.3) is 5.56 Å². The number of nitrogens with one attached hydrogen (secondary N) is 1. The van der Waals surface area contributed by atoms with E-state index < -0.39 is 0 Å². The van der Waals surface area contributed by atoms with Gasteiger partial charge >= 0.3 is 0 Å². The van der Waals surface area contributed by atoms with Gasteiger partial charge in [-0.1, -0.05) is 19.8 Å². The highest BCUT2D eigenvalue weighted by molar-refractivity contribution is 5.79. The van der Waals surface area contributed by atoms with E-state index in [1.165, 1.54) is 4.52 Å². The standard InChI is InChI=1S/C24H33N5O3/c1-2-7-22(30)28-12-6-5-10-20(28)19-14-21-25-18-11-13-27(23(31)16-8-3-4-9-16)15-17(18)24(32)29(21)26-19/h14,16,20,26H,2-13,15H2,1H3/t20-/m1/s1. The van der Waals surface area contributed by atoms with Crippen molar-refractivity contribution < 1.29 is 9.59 Å². The highest BCUT2D eigenvalue weighted by atomic mass is 16.2. The molecule has 0 spiro atoms. The number of hydrogen-bond acceptors (Lipinski definition) is 4. The maximum atomic E-state index is 13.3. The van der Waals surface area contributed by atoms with Crippen molar-refractivity contribution in [1.29, 1.82) is 0 Å². The molecule has 172 valence electrons. The lowest BCUT2D eigenvalue weighted by Gasteiger charge is -2.35. The van der Waals surface area contributed by atoms with Gasteiger partial charge in [0.2, 0.25) is 11.8 Å². The van der Waals surface area contributed by atoms with E-state index in [2.05, 4.69) is 5.10 Å². The second-order valence-corrected chi connectivity index (χ2v) is 9.59. The normalized spacial score (nSPS) is 21.8. The van der Waals surface area contributed by atoms with Crippen molar-refractivity contribution >= 4 is 17.5 Å². The number of amides is 2. The minimum atomic E-state index is -0.123. The molecule has 1 aliphatic carbocycles. The molecule has 8 nitrogen and oxygen atoms in total. The van der Waals surface area contributed by atoms with Crippen LogP contribution in [-0.2, 0) is 22.6 Å². The van der Waals surface area contributed by atoms with Crippen LogP contribution in [0.3, 0.4) is 0 Å². The molecule has 1 saturated heterocycles. The number of hydrogen-bond donors (Lipinski definition) is 1. The van der Waals surface area contributed by atoms with E-state index in [4.69, 9.17) is 4.98 Å². The predicted molar refractivity (Wildman–Crippen MR) is 120 cm³/mol. The molecule has 0 radical (unpaired) electrons. The lowest BCUT2D eigenvalue weighted by atomic mass is 9.98. The Morgan fingerprint density at radius 3 is 2.69 bits per heavy atom. The van der Waals surface area contributed by atoms with Gasteiger partial charge in [-0.2, -0.15) is 0 Å². The summed E-state index contributed by atoms with van der Waals surface area (Å²) < 4.78 is 1.51. The molecular formula is C24H33N5O3. The topological polar surface area (TPSA) is 90.8 Å². The van der Waals surface area contributed by atoms with Gasteiger partial charge in [0.15, 0.2) is 5.65 Å². The van der Waals surface area contributed by atoms with E-state index in [1.54, 1.807) is 0 Å². The Balaban J connectivity index is 1.44. The molecule has 2 fully saturated rings. The highest BCUT2D eigenvalue weighted by Crippen LogP contribution is 2.32. The van der Waals surface area contributed by atoms with E-state index in [1.807, 2.05) is 22.8 Å². The van der Waals surface area contributed by atoms with Crippen molar-refractivity contribution in [3.8, 4) is 0 Å². The third-order valence-electron chi connectivity index (χ3n) is 7.44. The summed E-state index contributed by atoms with van der Waals surface area (Å²) in [5, 5.41) is 3.25. The monoisotopic (exact) mass is 439 g/mol. The third-order valence-corrected chi connectivity index (χ3v) is 7.44. The Bertz CT molecular complexity index is 1080. The number of carbonyl (C=O) groups excluding carboxylic acids is 2. The van der Waals surface area contributed by atoms with Crippen molar-refractivity contribution in [1.82, 2.24) is 24.4 Å². The molecule has 0 unspecified atom stereocenters. The largest absolute Gasteiger partial charge is 0.337 e. The zero-order chi connectivity index (χ0) is 22.2. The smallest absolute Gasteiger partial charge is 0.277 e. The number of fused-ring (bicyclic) bond motifs is 2. The summed E-state index contributed by atoms with van der Waals surface area (Å²) in [5.41, 5.74) is 2.78. The van der Waals surface area contributed by atoms with Crippen LogP contribution in [0.15, 0.2) is 10.9 Å². The van der Waals surface area contributed by atoms with Crippen LogP contribution in [0.5, 0.6) is 0 Å². The Morgan fingerprint density at radius 1 is 1.12 bits per heavy atom. The first-order chi connectivity index (χ1) is 15.6. The SMILES string of the molecule is CCCC(=O)N1CCCC[C@@H]1c1cc2nc3c(c(=O)n2[nH]1)CN(C(=O)C1CCCC1)CC3. The minimum Gasteiger partial charge on any atom is -0.337 e. The number of carbonyl (C=O) groups is 2. The number of aromatic amines is 1. The molecule has 3 aliphatic rings. The highest BCUT2D eigenvalue weighted by Gasteiger charge is 2.32. The van der Waals surface area contributed by atoms with Crippen LogP contribution in [0, 0.1) is 5.92 Å². The molecule has 1 atom stereocenters. The van der Waals surface area contributed by atoms with Crippen LogP contribution < -0.4 is 5.56 Å². The van der Waals surface area contributed by atoms with Gasteiger partial charge in [0.1, 0.15) is 0 Å². The number of rotatable bonds is 4. The molecule has 2 amide bonds. The van der Waals surface area contributed by atoms with Crippen molar-refractivity contribution in [2.45, 2.75) is 83.7 Å². The zero-order valence-electron chi connectivity index (χ0n) is 18.9. The van der Waals surface area contributed by atoms with E-state index in [0.717, 1.165) is 69.3 Å². The molecule has 2 aromatic heterocycles. The summed E-state index contributed by atoms with van der Waals surface area (Å²) in [6.45, 7) is 3.76. The van der Waals surface area contributed by atoms with Gasteiger partial charge in [-0.05, 0) is 38.5 Å². The number of piperidine rings is 1. The van der Waals surface area contributed by atoms with E-state index in [0.29, 0.717) is 37.1 Å². The van der Waals surface area contributed by atoms with Gasteiger partial charge in [-0.25, -0.2) is 9.50 Å². The summed E-state index contributed by atoms with van der Waals surface area (Å²) in [4.78, 5) is 47.5. The lowest BCUT2D eigenvalue weighted by molar-refractivity contribution is -0.136. The Kier molecular flexibility index (Phi) is 5.78. The fraction of sp³-hybridized carbons (Fsp3) is 0.667. The summed E-state index contributed by atoms with van der Waals surface area (Å²) in [6.07, 6.45) is 9.14. The van der Waals surface area contributed by atoms with Crippen molar-refractivity contribution in [3.63, 3.8) is 0 Å². The average molecular weight is 440 g/mol. The first-order valence-electron chi connectivity index (χ1n) is 12.3. The Hall–Kier alpha value is -2.64. The number of likely N-dealkylation sites (tertiary alicyclic amines) is 1. The van der Waals surface area contributed by atoms with Crippen molar-refractivity contribution in [2.75, 3.05) is 13.1 Å². The van der Waals surface area contributed by atoms with Gasteiger partial charge < -0.3 is 9.80 Å². The van der Waals surface area contributed by atoms with E-state index in [-0.39, 0.29) is 29.3 Å². The lowest BCUT2D eigenvalue weighted by Crippen LogP contribution is -2.42. The first-order valence-corrected chi connectivity index (χ1v) is 12.3. The molecule has 2 aromatic rings. The molecule has 8 heteroatoms. The second kappa shape index (κ2) is 8.71. The number of H-pyrrole nitrogens is 1. The maximum absolute atomic E-state index is 13.3. The van der Waals surface area contributed by atoms with Crippen LogP contribution in [0.25, 0.3) is 5.65 Å². The maximum Gasteiger partial charge on any atom is 0.277 e. The fourth-order valence-electron chi connectivity index (χ4n) is 5.70. The van der Waals surface area contributed by atoms with Crippen LogP contribution >= 0.6 is 0 Å². The Morgan fingerprint density at radius 2 is 1.91 bits per heavy atom. The van der Waals surface area contributed by atoms with Crippen molar-refractivity contribution in [2.24, 2.45) is 5.92 Å². The van der Waals surface area contributed by atoms with Crippen LogP contribution in [0.2, 0.25) is 0 Å². The Labute approximate surface area is 188 Å².